The summed E-state index contributed by atoms with van der Waals surface area (Å²) in [5.74, 6) is 0. The van der Waals surface area contributed by atoms with E-state index in [0.29, 0.717) is 0 Å². The number of likely N-dealkylation sites (N-methyl/N-ethyl adjacent to an activating group) is 1. The van der Waals surface area contributed by atoms with Crippen molar-refractivity contribution >= 4 is 22.9 Å². The van der Waals surface area contributed by atoms with Crippen LogP contribution in [0.5, 0.6) is 0 Å². The monoisotopic (exact) mass is 280 g/mol. The molecule has 4 heteroatoms. The maximum atomic E-state index is 5.97. The molecule has 2 nitrogen and oxygen atoms in total. The van der Waals surface area contributed by atoms with Gasteiger partial charge in [0.1, 0.15) is 0 Å². The van der Waals surface area contributed by atoms with Gasteiger partial charge in [-0.1, -0.05) is 17.7 Å². The minimum Gasteiger partial charge on any atom is -0.311 e. The standard InChI is InChI=1S/C14H17ClN2S/c1-9-6-10(2)14(17-8-9)12(16-3)7-11-4-5-13(15)18-11/h4-6,8,12,16H,7H2,1-3H3. The summed E-state index contributed by atoms with van der Waals surface area (Å²) in [5, 5.41) is 3.34. The van der Waals surface area contributed by atoms with Crippen LogP contribution in [-0.4, -0.2) is 12.0 Å². The molecule has 1 unspecified atom stereocenters. The first kappa shape index (κ1) is 13.5. The summed E-state index contributed by atoms with van der Waals surface area (Å²) >= 11 is 7.60. The first-order chi connectivity index (χ1) is 8.60. The molecule has 0 amide bonds. The first-order valence-electron chi connectivity index (χ1n) is 5.94. The number of halogens is 1. The Kier molecular flexibility index (Phi) is 4.38. The van der Waals surface area contributed by atoms with Crippen LogP contribution in [0, 0.1) is 13.8 Å². The van der Waals surface area contributed by atoms with Gasteiger partial charge in [0, 0.05) is 17.5 Å². The number of nitrogens with zero attached hydrogens (tertiary/aromatic N) is 1. The number of pyridine rings is 1. The molecule has 0 aliphatic rings. The molecule has 18 heavy (non-hydrogen) atoms. The predicted molar refractivity (Wildman–Crippen MR) is 78.5 cm³/mol. The molecule has 0 fully saturated rings. The van der Waals surface area contributed by atoms with Crippen LogP contribution in [-0.2, 0) is 6.42 Å². The Morgan fingerprint density at radius 3 is 2.72 bits per heavy atom. The Labute approximate surface area is 117 Å². The SMILES string of the molecule is CNC(Cc1ccc(Cl)s1)c1ncc(C)cc1C. The Morgan fingerprint density at radius 2 is 2.17 bits per heavy atom. The third-order valence-electron chi connectivity index (χ3n) is 2.97. The van der Waals surface area contributed by atoms with Gasteiger partial charge < -0.3 is 5.32 Å². The fraction of sp³-hybridized carbons (Fsp3) is 0.357. The van der Waals surface area contributed by atoms with Crippen molar-refractivity contribution in [3.05, 3.63) is 50.4 Å². The summed E-state index contributed by atoms with van der Waals surface area (Å²) in [5.41, 5.74) is 3.55. The zero-order valence-electron chi connectivity index (χ0n) is 10.8. The molecular weight excluding hydrogens is 264 g/mol. The van der Waals surface area contributed by atoms with Gasteiger partial charge >= 0.3 is 0 Å². The summed E-state index contributed by atoms with van der Waals surface area (Å²) in [6.45, 7) is 4.18. The first-order valence-corrected chi connectivity index (χ1v) is 7.14. The maximum absolute atomic E-state index is 5.97. The maximum Gasteiger partial charge on any atom is 0.0931 e. The van der Waals surface area contributed by atoms with E-state index in [1.54, 1.807) is 11.3 Å². The van der Waals surface area contributed by atoms with Crippen LogP contribution in [0.25, 0.3) is 0 Å². The lowest BCUT2D eigenvalue weighted by atomic mass is 10.0. The molecule has 1 atom stereocenters. The van der Waals surface area contributed by atoms with E-state index in [1.165, 1.54) is 16.0 Å². The molecule has 2 aromatic heterocycles. The van der Waals surface area contributed by atoms with Crippen molar-refractivity contribution in [2.24, 2.45) is 0 Å². The van der Waals surface area contributed by atoms with Crippen molar-refractivity contribution in [3.8, 4) is 0 Å². The van der Waals surface area contributed by atoms with Crippen molar-refractivity contribution < 1.29 is 0 Å². The summed E-state index contributed by atoms with van der Waals surface area (Å²) < 4.78 is 0.841. The molecule has 0 saturated carbocycles. The second kappa shape index (κ2) is 5.83. The van der Waals surface area contributed by atoms with Gasteiger partial charge in [0.15, 0.2) is 0 Å². The number of nitrogens with one attached hydrogen (secondary N) is 1. The minimum absolute atomic E-state index is 0.236. The van der Waals surface area contributed by atoms with Gasteiger partial charge in [-0.15, -0.1) is 11.3 Å². The lowest BCUT2D eigenvalue weighted by Crippen LogP contribution is -2.20. The second-order valence-corrected chi connectivity index (χ2v) is 6.27. The third-order valence-corrected chi connectivity index (χ3v) is 4.22. The Bertz CT molecular complexity index is 536. The molecule has 0 aliphatic carbocycles. The van der Waals surface area contributed by atoms with E-state index >= 15 is 0 Å². The Morgan fingerprint density at radius 1 is 1.39 bits per heavy atom. The molecule has 0 saturated heterocycles. The molecule has 0 spiro atoms. The highest BCUT2D eigenvalue weighted by Crippen LogP contribution is 2.27. The number of thiophene rings is 1. The smallest absolute Gasteiger partial charge is 0.0931 e. The fourth-order valence-corrected chi connectivity index (χ4v) is 3.22. The molecule has 0 radical (unpaired) electrons. The van der Waals surface area contributed by atoms with E-state index in [1.807, 2.05) is 19.3 Å². The summed E-state index contributed by atoms with van der Waals surface area (Å²) in [6, 6.07) is 6.44. The summed E-state index contributed by atoms with van der Waals surface area (Å²) in [4.78, 5) is 5.84. The van der Waals surface area contributed by atoms with Crippen LogP contribution >= 0.6 is 22.9 Å². The highest BCUT2D eigenvalue weighted by molar-refractivity contribution is 7.16. The van der Waals surface area contributed by atoms with E-state index < -0.39 is 0 Å². The highest BCUT2D eigenvalue weighted by atomic mass is 35.5. The molecule has 2 aromatic rings. The average molecular weight is 281 g/mol. The molecule has 2 rings (SSSR count). The Hall–Kier alpha value is -0.900. The van der Waals surface area contributed by atoms with Gasteiger partial charge in [0.2, 0.25) is 0 Å². The van der Waals surface area contributed by atoms with Crippen LogP contribution in [0.15, 0.2) is 24.4 Å². The third kappa shape index (κ3) is 3.10. The number of aryl methyl sites for hydroxylation is 2. The molecule has 1 N–H and O–H groups in total. The number of hydrogen-bond acceptors (Lipinski definition) is 3. The number of hydrogen-bond donors (Lipinski definition) is 1. The topological polar surface area (TPSA) is 24.9 Å². The largest absolute Gasteiger partial charge is 0.311 e. The van der Waals surface area contributed by atoms with Crippen molar-refractivity contribution in [3.63, 3.8) is 0 Å². The van der Waals surface area contributed by atoms with Gasteiger partial charge in [0.05, 0.1) is 16.1 Å². The van der Waals surface area contributed by atoms with Gasteiger partial charge in [0.25, 0.3) is 0 Å². The van der Waals surface area contributed by atoms with Crippen molar-refractivity contribution in [1.82, 2.24) is 10.3 Å². The van der Waals surface area contributed by atoms with E-state index in [4.69, 9.17) is 11.6 Å². The molecular formula is C14H17ClN2S. The predicted octanol–water partition coefficient (Wildman–Crippen LogP) is 3.92. The van der Waals surface area contributed by atoms with Gasteiger partial charge in [-0.2, -0.15) is 0 Å². The van der Waals surface area contributed by atoms with E-state index in [9.17, 15) is 0 Å². The van der Waals surface area contributed by atoms with Crippen molar-refractivity contribution in [1.29, 1.82) is 0 Å². The fourth-order valence-electron chi connectivity index (χ4n) is 2.09. The average Bonchev–Trinajstić information content (AvgIpc) is 2.72. The zero-order valence-corrected chi connectivity index (χ0v) is 12.4. The van der Waals surface area contributed by atoms with Crippen LogP contribution < -0.4 is 5.32 Å². The van der Waals surface area contributed by atoms with Crippen LogP contribution in [0.2, 0.25) is 4.34 Å². The number of rotatable bonds is 4. The molecule has 0 bridgehead atoms. The van der Waals surface area contributed by atoms with Crippen LogP contribution in [0.3, 0.4) is 0 Å². The van der Waals surface area contributed by atoms with Gasteiger partial charge in [-0.05, 0) is 44.2 Å². The van der Waals surface area contributed by atoms with E-state index in [-0.39, 0.29) is 6.04 Å². The quantitative estimate of drug-likeness (QED) is 0.918. The van der Waals surface area contributed by atoms with Crippen LogP contribution in [0.4, 0.5) is 0 Å². The van der Waals surface area contributed by atoms with Crippen molar-refractivity contribution in [2.45, 2.75) is 26.3 Å². The summed E-state index contributed by atoms with van der Waals surface area (Å²) in [6.07, 6.45) is 2.85. The lowest BCUT2D eigenvalue weighted by Gasteiger charge is -2.17. The molecule has 0 aliphatic heterocycles. The molecule has 96 valence electrons. The van der Waals surface area contributed by atoms with Crippen molar-refractivity contribution in [2.75, 3.05) is 7.05 Å². The minimum atomic E-state index is 0.236. The van der Waals surface area contributed by atoms with E-state index in [2.05, 4.69) is 36.3 Å². The van der Waals surface area contributed by atoms with Gasteiger partial charge in [-0.25, -0.2) is 0 Å². The molecule has 0 aromatic carbocycles. The highest BCUT2D eigenvalue weighted by Gasteiger charge is 2.15. The number of aromatic nitrogens is 1. The normalized spacial score (nSPS) is 12.7. The lowest BCUT2D eigenvalue weighted by molar-refractivity contribution is 0.576. The summed E-state index contributed by atoms with van der Waals surface area (Å²) in [7, 11) is 1.97. The van der Waals surface area contributed by atoms with Gasteiger partial charge in [-0.3, -0.25) is 4.98 Å². The zero-order chi connectivity index (χ0) is 13.1. The molecule has 2 heterocycles. The second-order valence-electron chi connectivity index (χ2n) is 4.47. The van der Waals surface area contributed by atoms with Crippen LogP contribution in [0.1, 0.15) is 27.7 Å². The Balaban J connectivity index is 2.22. The van der Waals surface area contributed by atoms with E-state index in [0.717, 1.165) is 16.5 Å².